The van der Waals surface area contributed by atoms with E-state index in [4.69, 9.17) is 9.84 Å². The van der Waals surface area contributed by atoms with Gasteiger partial charge in [-0.25, -0.2) is 4.79 Å². The van der Waals surface area contributed by atoms with Crippen LogP contribution in [0.25, 0.3) is 0 Å². The van der Waals surface area contributed by atoms with Crippen molar-refractivity contribution in [2.45, 2.75) is 84.0 Å². The fourth-order valence-corrected chi connectivity index (χ4v) is 4.27. The van der Waals surface area contributed by atoms with E-state index in [0.717, 1.165) is 6.08 Å². The van der Waals surface area contributed by atoms with Crippen LogP contribution in [0.1, 0.15) is 65.7 Å². The summed E-state index contributed by atoms with van der Waals surface area (Å²) in [5.74, 6) is -2.68. The number of ketones is 1. The van der Waals surface area contributed by atoms with Crippen molar-refractivity contribution in [2.24, 2.45) is 17.8 Å². The molecule has 1 aliphatic heterocycles. The van der Waals surface area contributed by atoms with Crippen molar-refractivity contribution in [1.82, 2.24) is 5.32 Å². The number of rotatable bonds is 16. The molecule has 9 nitrogen and oxygen atoms in total. The van der Waals surface area contributed by atoms with Crippen LogP contribution in [-0.4, -0.2) is 64.3 Å². The number of aliphatic carboxylic acids is 1. The Hall–Kier alpha value is -2.62. The van der Waals surface area contributed by atoms with Crippen LogP contribution < -0.4 is 5.32 Å². The number of nitrogens with one attached hydrogen (secondary N) is 1. The molecule has 202 valence electrons. The Morgan fingerprint density at radius 2 is 1.72 bits per heavy atom. The number of hydrogen-bond acceptors (Lipinski definition) is 7. The predicted octanol–water partition coefficient (Wildman–Crippen LogP) is 2.71. The Balaban J connectivity index is 2.57. The van der Waals surface area contributed by atoms with Crippen molar-refractivity contribution in [3.63, 3.8) is 0 Å². The number of hydrogen-bond donors (Lipinski definition) is 4. The molecule has 1 saturated heterocycles. The number of carboxylic acids is 1. The van der Waals surface area contributed by atoms with E-state index < -0.39 is 30.2 Å². The Morgan fingerprint density at radius 3 is 2.31 bits per heavy atom. The zero-order chi connectivity index (χ0) is 27.3. The van der Waals surface area contributed by atoms with Crippen LogP contribution in [-0.2, 0) is 23.9 Å². The van der Waals surface area contributed by atoms with Gasteiger partial charge in [0.15, 0.2) is 0 Å². The number of ether oxygens (including phenoxy) is 1. The van der Waals surface area contributed by atoms with Crippen molar-refractivity contribution < 1.29 is 39.2 Å². The Morgan fingerprint density at radius 1 is 1.11 bits per heavy atom. The van der Waals surface area contributed by atoms with Gasteiger partial charge < -0.3 is 20.1 Å². The van der Waals surface area contributed by atoms with E-state index in [1.165, 1.54) is 7.11 Å². The third kappa shape index (κ3) is 11.4. The Labute approximate surface area is 213 Å². The minimum Gasteiger partial charge on any atom is -0.478 e. The van der Waals surface area contributed by atoms with E-state index in [0.29, 0.717) is 44.1 Å². The van der Waals surface area contributed by atoms with E-state index in [2.05, 4.69) is 5.32 Å². The summed E-state index contributed by atoms with van der Waals surface area (Å²) >= 11 is 0. The van der Waals surface area contributed by atoms with Crippen LogP contribution in [0.15, 0.2) is 36.0 Å². The third-order valence-corrected chi connectivity index (χ3v) is 6.47. The zero-order valence-electron chi connectivity index (χ0n) is 21.7. The van der Waals surface area contributed by atoms with Crippen LogP contribution in [0.2, 0.25) is 0 Å². The number of methoxy groups -OCH3 is 1. The molecule has 0 aromatic heterocycles. The number of unbranched alkanes of at least 4 members (excludes halogenated alkanes) is 1. The molecular formula is C27H41NO8. The molecule has 0 unspecified atom stereocenters. The van der Waals surface area contributed by atoms with Gasteiger partial charge in [0.05, 0.1) is 12.2 Å². The molecule has 1 fully saturated rings. The van der Waals surface area contributed by atoms with Gasteiger partial charge in [0.25, 0.3) is 0 Å². The summed E-state index contributed by atoms with van der Waals surface area (Å²) in [6, 6.07) is 0. The Kier molecular flexibility index (Phi) is 14.1. The van der Waals surface area contributed by atoms with Crippen molar-refractivity contribution in [3.05, 3.63) is 36.0 Å². The molecular weight excluding hydrogens is 466 g/mol. The smallest absolute Gasteiger partial charge is 0.327 e. The summed E-state index contributed by atoms with van der Waals surface area (Å²) in [6.07, 6.45) is 8.60. The van der Waals surface area contributed by atoms with E-state index in [-0.39, 0.29) is 35.9 Å². The van der Waals surface area contributed by atoms with Crippen LogP contribution in [0.4, 0.5) is 0 Å². The van der Waals surface area contributed by atoms with Crippen LogP contribution in [0, 0.1) is 17.8 Å². The lowest BCUT2D eigenvalue weighted by Gasteiger charge is -2.25. The summed E-state index contributed by atoms with van der Waals surface area (Å²) in [7, 11) is 1.48. The summed E-state index contributed by atoms with van der Waals surface area (Å²) in [6.45, 7) is 5.18. The van der Waals surface area contributed by atoms with E-state index in [9.17, 15) is 29.4 Å². The summed E-state index contributed by atoms with van der Waals surface area (Å²) in [5.41, 5.74) is 0.578. The molecule has 0 spiro atoms. The number of Topliss-reactive ketones (excluding diaryl/α,β-unsaturated/α-hetero) is 1. The molecule has 9 heteroatoms. The van der Waals surface area contributed by atoms with Gasteiger partial charge >= 0.3 is 5.97 Å². The maximum Gasteiger partial charge on any atom is 0.327 e. The van der Waals surface area contributed by atoms with Crippen molar-refractivity contribution in [3.8, 4) is 0 Å². The third-order valence-electron chi connectivity index (χ3n) is 6.47. The summed E-state index contributed by atoms with van der Waals surface area (Å²) in [4.78, 5) is 46.0. The van der Waals surface area contributed by atoms with Crippen LogP contribution in [0.5, 0.6) is 0 Å². The first kappa shape index (κ1) is 31.4. The van der Waals surface area contributed by atoms with Crippen molar-refractivity contribution in [1.29, 1.82) is 0 Å². The molecule has 1 rings (SSSR count). The van der Waals surface area contributed by atoms with E-state index >= 15 is 0 Å². The molecule has 0 aromatic carbocycles. The van der Waals surface area contributed by atoms with Gasteiger partial charge in [-0.2, -0.15) is 0 Å². The SMILES string of the molecule is CO[C@H](/C=C/CC/C=C\C(=O)O)[C@H](O)[C@H](C)/C=C(\C)[C@@H](O)[C@@H](C)C(=O)CCCC1CC(=O)NC(=O)C1. The van der Waals surface area contributed by atoms with Gasteiger partial charge in [0, 0.05) is 44.3 Å². The first-order chi connectivity index (χ1) is 17.0. The zero-order valence-corrected chi connectivity index (χ0v) is 21.7. The number of carbonyl (C=O) groups is 4. The number of imide groups is 1. The number of carbonyl (C=O) groups excluding carboxylic acids is 3. The number of carboxylic acid groups (broad SMARTS) is 1. The highest BCUT2D eigenvalue weighted by Crippen LogP contribution is 2.23. The van der Waals surface area contributed by atoms with Crippen LogP contribution in [0.3, 0.4) is 0 Å². The summed E-state index contributed by atoms with van der Waals surface area (Å²) < 4.78 is 5.37. The number of amides is 2. The number of aliphatic hydroxyl groups is 2. The highest BCUT2D eigenvalue weighted by atomic mass is 16.5. The lowest BCUT2D eigenvalue weighted by molar-refractivity contribution is -0.135. The number of allylic oxidation sites excluding steroid dienone is 2. The largest absolute Gasteiger partial charge is 0.478 e. The number of piperidine rings is 1. The predicted molar refractivity (Wildman–Crippen MR) is 135 cm³/mol. The molecule has 0 bridgehead atoms. The molecule has 36 heavy (non-hydrogen) atoms. The first-order valence-corrected chi connectivity index (χ1v) is 12.4. The van der Waals surface area contributed by atoms with Gasteiger partial charge in [-0.15, -0.1) is 0 Å². The Bertz CT molecular complexity index is 831. The minimum absolute atomic E-state index is 0.0489. The standard InChI is InChI=1S/C27H41NO8/c1-17(14-18(2)27(35)22(36-4)12-7-5-6-8-13-25(32)33)26(34)19(3)21(29)11-9-10-20-15-23(30)28-24(31)16-20/h7-8,12-14,18-20,22,26-27,34-35H,5-6,9-11,15-16H2,1-4H3,(H,32,33)(H,28,30,31)/b12-7+,13-8-,17-14+/t18-,19+,22-,26-,27-/m1/s1. The highest BCUT2D eigenvalue weighted by Gasteiger charge is 2.27. The average Bonchev–Trinajstić information content (AvgIpc) is 2.81. The van der Waals surface area contributed by atoms with Gasteiger partial charge in [0.1, 0.15) is 11.9 Å². The van der Waals surface area contributed by atoms with Gasteiger partial charge in [-0.1, -0.05) is 38.2 Å². The molecule has 0 saturated carbocycles. The molecule has 2 amide bonds. The van der Waals surface area contributed by atoms with Crippen molar-refractivity contribution >= 4 is 23.6 Å². The average molecular weight is 508 g/mol. The number of aliphatic hydroxyl groups excluding tert-OH is 2. The monoisotopic (exact) mass is 507 g/mol. The second kappa shape index (κ2) is 16.2. The molecule has 0 aliphatic carbocycles. The van der Waals surface area contributed by atoms with E-state index in [1.807, 2.05) is 6.08 Å². The second-order valence-electron chi connectivity index (χ2n) is 9.54. The highest BCUT2D eigenvalue weighted by molar-refractivity contribution is 5.97. The lowest BCUT2D eigenvalue weighted by atomic mass is 9.87. The topological polar surface area (TPSA) is 150 Å². The quantitative estimate of drug-likeness (QED) is 0.108. The first-order valence-electron chi connectivity index (χ1n) is 12.4. The molecule has 5 atom stereocenters. The fourth-order valence-electron chi connectivity index (χ4n) is 4.27. The summed E-state index contributed by atoms with van der Waals surface area (Å²) in [5, 5.41) is 32.3. The maximum absolute atomic E-state index is 12.6. The molecule has 1 heterocycles. The molecule has 1 aliphatic rings. The minimum atomic E-state index is -0.994. The van der Waals surface area contributed by atoms with Crippen molar-refractivity contribution in [2.75, 3.05) is 7.11 Å². The maximum atomic E-state index is 12.6. The van der Waals surface area contributed by atoms with Gasteiger partial charge in [-0.3, -0.25) is 19.7 Å². The second-order valence-corrected chi connectivity index (χ2v) is 9.54. The van der Waals surface area contributed by atoms with Crippen LogP contribution >= 0.6 is 0 Å². The lowest BCUT2D eigenvalue weighted by Crippen LogP contribution is -2.38. The molecule has 0 aromatic rings. The van der Waals surface area contributed by atoms with E-state index in [1.54, 1.807) is 39.0 Å². The molecule has 0 radical (unpaired) electrons. The fraction of sp³-hybridized carbons (Fsp3) is 0.630. The molecule has 4 N–H and O–H groups in total. The normalized spacial score (nSPS) is 19.8. The van der Waals surface area contributed by atoms with Gasteiger partial charge in [-0.05, 0) is 44.1 Å². The van der Waals surface area contributed by atoms with Gasteiger partial charge in [0.2, 0.25) is 11.8 Å².